The second-order valence-corrected chi connectivity index (χ2v) is 9.37. The maximum absolute atomic E-state index is 12.9. The van der Waals surface area contributed by atoms with Gasteiger partial charge in [0, 0.05) is 12.2 Å². The van der Waals surface area contributed by atoms with E-state index in [2.05, 4.69) is 5.32 Å². The van der Waals surface area contributed by atoms with Gasteiger partial charge in [-0.3, -0.25) is 9.10 Å². The zero-order valence-electron chi connectivity index (χ0n) is 15.2. The van der Waals surface area contributed by atoms with Gasteiger partial charge in [-0.15, -0.1) is 0 Å². The molecule has 6 heteroatoms. The average Bonchev–Trinajstić information content (AvgIpc) is 3.48. The summed E-state index contributed by atoms with van der Waals surface area (Å²) in [5.74, 6) is 0.478. The Morgan fingerprint density at radius 2 is 1.70 bits per heavy atom. The van der Waals surface area contributed by atoms with Crippen molar-refractivity contribution in [3.63, 3.8) is 0 Å². The van der Waals surface area contributed by atoms with Crippen molar-refractivity contribution in [1.82, 2.24) is 0 Å². The Bertz CT molecular complexity index is 906. The van der Waals surface area contributed by atoms with Gasteiger partial charge in [0.05, 0.1) is 17.4 Å². The summed E-state index contributed by atoms with van der Waals surface area (Å²) in [6.07, 6.45) is 3.75. The molecule has 4 rings (SSSR count). The van der Waals surface area contributed by atoms with Crippen molar-refractivity contribution in [2.24, 2.45) is 5.92 Å². The minimum atomic E-state index is -3.22. The molecule has 0 spiro atoms. The summed E-state index contributed by atoms with van der Waals surface area (Å²) in [6.45, 7) is 0.520. The van der Waals surface area contributed by atoms with Crippen molar-refractivity contribution >= 4 is 27.3 Å². The first-order valence-electron chi connectivity index (χ1n) is 9.51. The van der Waals surface area contributed by atoms with Gasteiger partial charge in [-0.25, -0.2) is 8.42 Å². The average molecular weight is 385 g/mol. The SMILES string of the molecule is O=C(Nc1ccc(N2CCCCS2(=O)=O)cc1)C(c1ccccc1)C1CC1. The van der Waals surface area contributed by atoms with Gasteiger partial charge < -0.3 is 5.32 Å². The molecular formula is C21H24N2O3S. The second-order valence-electron chi connectivity index (χ2n) is 7.36. The van der Waals surface area contributed by atoms with E-state index in [9.17, 15) is 13.2 Å². The van der Waals surface area contributed by atoms with Gasteiger partial charge in [0.25, 0.3) is 0 Å². The zero-order chi connectivity index (χ0) is 18.9. The van der Waals surface area contributed by atoms with Crippen molar-refractivity contribution in [2.45, 2.75) is 31.6 Å². The molecule has 1 aliphatic carbocycles. The highest BCUT2D eigenvalue weighted by atomic mass is 32.2. The Balaban J connectivity index is 1.49. The van der Waals surface area contributed by atoms with Crippen LogP contribution in [0.5, 0.6) is 0 Å². The molecule has 1 unspecified atom stereocenters. The van der Waals surface area contributed by atoms with E-state index >= 15 is 0 Å². The zero-order valence-corrected chi connectivity index (χ0v) is 16.0. The number of sulfonamides is 1. The van der Waals surface area contributed by atoms with Crippen LogP contribution in [0.1, 0.15) is 37.2 Å². The van der Waals surface area contributed by atoms with Gasteiger partial charge in [0.2, 0.25) is 15.9 Å². The Labute approximate surface area is 160 Å². The summed E-state index contributed by atoms with van der Waals surface area (Å²) in [4.78, 5) is 12.9. The molecule has 1 saturated heterocycles. The fourth-order valence-electron chi connectivity index (χ4n) is 3.74. The first-order valence-corrected chi connectivity index (χ1v) is 11.1. The Hall–Kier alpha value is -2.34. The van der Waals surface area contributed by atoms with Crippen LogP contribution in [-0.2, 0) is 14.8 Å². The highest BCUT2D eigenvalue weighted by Gasteiger charge is 2.37. The number of nitrogens with one attached hydrogen (secondary N) is 1. The van der Waals surface area contributed by atoms with Crippen molar-refractivity contribution in [1.29, 1.82) is 0 Å². The molecule has 1 heterocycles. The monoisotopic (exact) mass is 384 g/mol. The number of carbonyl (C=O) groups is 1. The number of hydrogen-bond donors (Lipinski definition) is 1. The molecule has 5 nitrogen and oxygen atoms in total. The van der Waals surface area contributed by atoms with E-state index in [1.165, 1.54) is 4.31 Å². The molecule has 2 aromatic carbocycles. The summed E-state index contributed by atoms with van der Waals surface area (Å²) in [5.41, 5.74) is 2.41. The quantitative estimate of drug-likeness (QED) is 0.854. The first kappa shape index (κ1) is 18.0. The number of anilines is 2. The van der Waals surface area contributed by atoms with Crippen molar-refractivity contribution in [3.8, 4) is 0 Å². The number of rotatable bonds is 5. The molecule has 1 amide bonds. The van der Waals surface area contributed by atoms with Crippen LogP contribution in [0.3, 0.4) is 0 Å². The highest BCUT2D eigenvalue weighted by Crippen LogP contribution is 2.43. The van der Waals surface area contributed by atoms with Crippen LogP contribution in [0.15, 0.2) is 54.6 Å². The van der Waals surface area contributed by atoms with Gasteiger partial charge in [-0.05, 0) is 61.4 Å². The summed E-state index contributed by atoms with van der Waals surface area (Å²) in [6, 6.07) is 17.0. The van der Waals surface area contributed by atoms with Gasteiger partial charge in [0.15, 0.2) is 0 Å². The molecule has 27 heavy (non-hydrogen) atoms. The van der Waals surface area contributed by atoms with E-state index in [1.807, 2.05) is 30.3 Å². The Morgan fingerprint density at radius 1 is 1.00 bits per heavy atom. The van der Waals surface area contributed by atoms with Crippen LogP contribution in [0.2, 0.25) is 0 Å². The summed E-state index contributed by atoms with van der Waals surface area (Å²) in [7, 11) is -3.22. The summed E-state index contributed by atoms with van der Waals surface area (Å²) in [5, 5.41) is 3.01. The van der Waals surface area contributed by atoms with Gasteiger partial charge in [0.1, 0.15) is 0 Å². The first-order chi connectivity index (χ1) is 13.0. The van der Waals surface area contributed by atoms with E-state index in [0.29, 0.717) is 23.8 Å². The maximum atomic E-state index is 12.9. The lowest BCUT2D eigenvalue weighted by Crippen LogP contribution is -2.37. The standard InChI is InChI=1S/C21H24N2O3S/c24-21(20(17-8-9-17)16-6-2-1-3-7-16)22-18-10-12-19(13-11-18)23-14-4-5-15-27(23,25)26/h1-3,6-7,10-13,17,20H,4-5,8-9,14-15H2,(H,22,24). The van der Waals surface area contributed by atoms with E-state index in [4.69, 9.17) is 0 Å². The summed E-state index contributed by atoms with van der Waals surface area (Å²) < 4.78 is 25.9. The molecule has 2 aliphatic rings. The largest absolute Gasteiger partial charge is 0.326 e. The number of amides is 1. The molecule has 1 atom stereocenters. The van der Waals surface area contributed by atoms with Crippen LogP contribution in [-0.4, -0.2) is 26.6 Å². The van der Waals surface area contributed by atoms with E-state index in [1.54, 1.807) is 24.3 Å². The van der Waals surface area contributed by atoms with Crippen LogP contribution in [0, 0.1) is 5.92 Å². The maximum Gasteiger partial charge on any atom is 0.235 e. The number of hydrogen-bond acceptors (Lipinski definition) is 3. The molecular weight excluding hydrogens is 360 g/mol. The second kappa shape index (κ2) is 7.35. The molecule has 0 bridgehead atoms. The van der Waals surface area contributed by atoms with Gasteiger partial charge in [-0.2, -0.15) is 0 Å². The molecule has 2 aromatic rings. The van der Waals surface area contributed by atoms with Crippen LogP contribution >= 0.6 is 0 Å². The van der Waals surface area contributed by atoms with Crippen molar-refractivity contribution in [3.05, 3.63) is 60.2 Å². The van der Waals surface area contributed by atoms with Crippen LogP contribution in [0.25, 0.3) is 0 Å². The number of nitrogens with zero attached hydrogens (tertiary/aromatic N) is 1. The van der Waals surface area contributed by atoms with Crippen molar-refractivity contribution < 1.29 is 13.2 Å². The minimum Gasteiger partial charge on any atom is -0.326 e. The smallest absolute Gasteiger partial charge is 0.235 e. The van der Waals surface area contributed by atoms with Crippen molar-refractivity contribution in [2.75, 3.05) is 21.9 Å². The minimum absolute atomic E-state index is 0.00189. The lowest BCUT2D eigenvalue weighted by Gasteiger charge is -2.28. The molecule has 142 valence electrons. The fraction of sp³-hybridized carbons (Fsp3) is 0.381. The molecule has 0 radical (unpaired) electrons. The highest BCUT2D eigenvalue weighted by molar-refractivity contribution is 7.92. The van der Waals surface area contributed by atoms with Gasteiger partial charge in [-0.1, -0.05) is 30.3 Å². The number of carbonyl (C=O) groups excluding carboxylic acids is 1. The van der Waals surface area contributed by atoms with E-state index < -0.39 is 10.0 Å². The fourth-order valence-corrected chi connectivity index (χ4v) is 5.38. The molecule has 1 saturated carbocycles. The number of benzene rings is 2. The molecule has 2 fully saturated rings. The molecule has 1 N–H and O–H groups in total. The van der Waals surface area contributed by atoms with Crippen LogP contribution < -0.4 is 9.62 Å². The third-order valence-corrected chi connectivity index (χ3v) is 7.18. The predicted octanol–water partition coefficient (Wildman–Crippen LogP) is 3.75. The van der Waals surface area contributed by atoms with E-state index in [-0.39, 0.29) is 17.6 Å². The summed E-state index contributed by atoms with van der Waals surface area (Å²) >= 11 is 0. The topological polar surface area (TPSA) is 66.5 Å². The van der Waals surface area contributed by atoms with Crippen LogP contribution in [0.4, 0.5) is 11.4 Å². The molecule has 0 aromatic heterocycles. The third kappa shape index (κ3) is 4.00. The normalized spacial score (nSPS) is 20.1. The Morgan fingerprint density at radius 3 is 2.33 bits per heavy atom. The van der Waals surface area contributed by atoms with E-state index in [0.717, 1.165) is 31.2 Å². The lowest BCUT2D eigenvalue weighted by molar-refractivity contribution is -0.118. The Kier molecular flexibility index (Phi) is 4.91. The predicted molar refractivity (Wildman–Crippen MR) is 107 cm³/mol. The molecule has 1 aliphatic heterocycles. The lowest BCUT2D eigenvalue weighted by atomic mass is 9.93. The third-order valence-electron chi connectivity index (χ3n) is 5.31. The van der Waals surface area contributed by atoms with Gasteiger partial charge >= 0.3 is 0 Å².